The lowest BCUT2D eigenvalue weighted by atomic mass is 9.75. The molecule has 2 rings (SSSR count). The molecular formula is C14H26N2S. The van der Waals surface area contributed by atoms with Crippen molar-refractivity contribution in [2.24, 2.45) is 16.3 Å². The fraction of sp³-hybridized carbons (Fsp3) is 0.929. The predicted octanol–water partition coefficient (Wildman–Crippen LogP) is 3.67. The van der Waals surface area contributed by atoms with Gasteiger partial charge in [0.25, 0.3) is 0 Å². The zero-order valence-corrected chi connectivity index (χ0v) is 12.4. The normalized spacial score (nSPS) is 32.6. The first-order valence-corrected chi connectivity index (χ1v) is 7.92. The fourth-order valence-corrected chi connectivity index (χ4v) is 4.05. The molecule has 0 bridgehead atoms. The molecule has 0 spiro atoms. The second-order valence-corrected chi connectivity index (χ2v) is 7.67. The van der Waals surface area contributed by atoms with Crippen LogP contribution in [0.4, 0.5) is 0 Å². The van der Waals surface area contributed by atoms with Gasteiger partial charge in [-0.15, -0.1) is 0 Å². The summed E-state index contributed by atoms with van der Waals surface area (Å²) in [5, 5.41) is 4.87. The lowest BCUT2D eigenvalue weighted by Crippen LogP contribution is -2.39. The lowest BCUT2D eigenvalue weighted by Gasteiger charge is -2.35. The molecule has 1 aliphatic carbocycles. The molecule has 2 atom stereocenters. The van der Waals surface area contributed by atoms with Crippen molar-refractivity contribution in [3.63, 3.8) is 0 Å². The summed E-state index contributed by atoms with van der Waals surface area (Å²) in [6, 6.07) is 1.18. The molecule has 1 unspecified atom stereocenters. The zero-order valence-electron chi connectivity index (χ0n) is 11.6. The first kappa shape index (κ1) is 13.3. The molecule has 1 saturated carbocycles. The smallest absolute Gasteiger partial charge is 0.157 e. The summed E-state index contributed by atoms with van der Waals surface area (Å²) in [6.07, 6.45) is 5.34. The van der Waals surface area contributed by atoms with Crippen molar-refractivity contribution < 1.29 is 0 Å². The number of rotatable bonds is 2. The number of thioether (sulfide) groups is 1. The Balaban J connectivity index is 1.87. The topological polar surface area (TPSA) is 24.4 Å². The van der Waals surface area contributed by atoms with E-state index in [-0.39, 0.29) is 0 Å². The second kappa shape index (κ2) is 5.21. The maximum absolute atomic E-state index is 4.80. The number of hydrogen-bond donors (Lipinski definition) is 1. The standard InChI is InChI=1S/C14H26N2S/c1-10(2)12-9-17-13(16-12)15-11-6-5-7-14(3,4)8-11/h10-12H,5-9H2,1-4H3,(H,15,16)/t11?,12-/m1/s1. The first-order chi connectivity index (χ1) is 7.96. The molecule has 3 heteroatoms. The highest BCUT2D eigenvalue weighted by Gasteiger charge is 2.30. The fourth-order valence-electron chi connectivity index (χ4n) is 2.81. The molecule has 2 nitrogen and oxygen atoms in total. The van der Waals surface area contributed by atoms with E-state index in [2.05, 4.69) is 33.0 Å². The number of amidine groups is 1. The third-order valence-corrected chi connectivity index (χ3v) is 4.98. The minimum atomic E-state index is 0.511. The van der Waals surface area contributed by atoms with Gasteiger partial charge in [-0.2, -0.15) is 0 Å². The Morgan fingerprint density at radius 2 is 2.18 bits per heavy atom. The van der Waals surface area contributed by atoms with Crippen LogP contribution in [0, 0.1) is 11.3 Å². The Bertz CT molecular complexity index is 297. The molecule has 2 aliphatic rings. The van der Waals surface area contributed by atoms with E-state index in [0.717, 1.165) is 5.75 Å². The van der Waals surface area contributed by atoms with Crippen molar-refractivity contribution in [2.45, 2.75) is 65.5 Å². The quantitative estimate of drug-likeness (QED) is 0.813. The van der Waals surface area contributed by atoms with E-state index in [0.29, 0.717) is 23.4 Å². The van der Waals surface area contributed by atoms with Crippen molar-refractivity contribution in [2.75, 3.05) is 5.75 Å². The molecule has 0 aromatic carbocycles. The van der Waals surface area contributed by atoms with Gasteiger partial charge in [0.05, 0.1) is 6.04 Å². The van der Waals surface area contributed by atoms with Gasteiger partial charge in [-0.25, -0.2) is 0 Å². The Hall–Kier alpha value is -0.180. The van der Waals surface area contributed by atoms with Gasteiger partial charge in [0.1, 0.15) is 0 Å². The van der Waals surface area contributed by atoms with Crippen LogP contribution >= 0.6 is 11.8 Å². The number of aliphatic imine (C=N–C) groups is 1. The van der Waals surface area contributed by atoms with E-state index < -0.39 is 0 Å². The van der Waals surface area contributed by atoms with Crippen LogP contribution in [0.1, 0.15) is 53.4 Å². The van der Waals surface area contributed by atoms with Gasteiger partial charge in [0.2, 0.25) is 0 Å². The molecule has 1 fully saturated rings. The SMILES string of the molecule is CC(C)[C@H]1CSC(NC2CCCC(C)(C)C2)=N1. The molecule has 1 aliphatic heterocycles. The van der Waals surface area contributed by atoms with Crippen molar-refractivity contribution in [3.05, 3.63) is 0 Å². The van der Waals surface area contributed by atoms with E-state index in [1.54, 1.807) is 0 Å². The molecular weight excluding hydrogens is 228 g/mol. The maximum atomic E-state index is 4.80. The summed E-state index contributed by atoms with van der Waals surface area (Å²) < 4.78 is 0. The summed E-state index contributed by atoms with van der Waals surface area (Å²) in [4.78, 5) is 4.80. The third kappa shape index (κ3) is 3.64. The Kier molecular flexibility index (Phi) is 4.06. The van der Waals surface area contributed by atoms with E-state index in [1.165, 1.54) is 30.9 Å². The highest BCUT2D eigenvalue weighted by molar-refractivity contribution is 8.14. The minimum absolute atomic E-state index is 0.511. The van der Waals surface area contributed by atoms with Crippen LogP contribution in [0.2, 0.25) is 0 Å². The molecule has 0 aromatic rings. The summed E-state index contributed by atoms with van der Waals surface area (Å²) >= 11 is 1.91. The van der Waals surface area contributed by atoms with Crippen LogP contribution in [-0.2, 0) is 0 Å². The van der Waals surface area contributed by atoms with Gasteiger partial charge in [-0.05, 0) is 30.6 Å². The van der Waals surface area contributed by atoms with E-state index >= 15 is 0 Å². The van der Waals surface area contributed by atoms with Crippen molar-refractivity contribution in [1.82, 2.24) is 5.32 Å². The molecule has 1 N–H and O–H groups in total. The summed E-state index contributed by atoms with van der Waals surface area (Å²) in [5.74, 6) is 1.83. The predicted molar refractivity (Wildman–Crippen MR) is 77.7 cm³/mol. The van der Waals surface area contributed by atoms with Crippen LogP contribution in [0.3, 0.4) is 0 Å². The maximum Gasteiger partial charge on any atom is 0.157 e. The summed E-state index contributed by atoms with van der Waals surface area (Å²) in [5.41, 5.74) is 0.511. The molecule has 98 valence electrons. The number of nitrogens with zero attached hydrogens (tertiary/aromatic N) is 1. The first-order valence-electron chi connectivity index (χ1n) is 6.93. The van der Waals surface area contributed by atoms with Crippen LogP contribution in [-0.4, -0.2) is 23.0 Å². The Morgan fingerprint density at radius 3 is 2.76 bits per heavy atom. The van der Waals surface area contributed by atoms with Gasteiger partial charge in [0.15, 0.2) is 5.17 Å². The van der Waals surface area contributed by atoms with E-state index in [1.807, 2.05) is 11.8 Å². The minimum Gasteiger partial charge on any atom is -0.362 e. The molecule has 1 heterocycles. The number of nitrogens with one attached hydrogen (secondary N) is 1. The molecule has 0 amide bonds. The van der Waals surface area contributed by atoms with E-state index in [4.69, 9.17) is 4.99 Å². The monoisotopic (exact) mass is 254 g/mol. The van der Waals surface area contributed by atoms with E-state index in [9.17, 15) is 0 Å². The van der Waals surface area contributed by atoms with Gasteiger partial charge < -0.3 is 5.32 Å². The van der Waals surface area contributed by atoms with Crippen LogP contribution in [0.5, 0.6) is 0 Å². The summed E-state index contributed by atoms with van der Waals surface area (Å²) in [6.45, 7) is 9.31. The summed E-state index contributed by atoms with van der Waals surface area (Å²) in [7, 11) is 0. The lowest BCUT2D eigenvalue weighted by molar-refractivity contribution is 0.211. The Labute approximate surface area is 110 Å². The average Bonchev–Trinajstić information content (AvgIpc) is 2.64. The van der Waals surface area contributed by atoms with Crippen molar-refractivity contribution in [3.8, 4) is 0 Å². The average molecular weight is 254 g/mol. The molecule has 0 radical (unpaired) electrons. The van der Waals surface area contributed by atoms with Crippen LogP contribution in [0.15, 0.2) is 4.99 Å². The molecule has 0 saturated heterocycles. The Morgan fingerprint density at radius 1 is 1.41 bits per heavy atom. The molecule has 0 aromatic heterocycles. The number of hydrogen-bond acceptors (Lipinski definition) is 3. The van der Waals surface area contributed by atoms with Gasteiger partial charge >= 0.3 is 0 Å². The van der Waals surface area contributed by atoms with Gasteiger partial charge in [-0.1, -0.05) is 45.9 Å². The largest absolute Gasteiger partial charge is 0.362 e. The zero-order chi connectivity index (χ0) is 12.5. The highest BCUT2D eigenvalue weighted by atomic mass is 32.2. The second-order valence-electron chi connectivity index (χ2n) is 6.66. The van der Waals surface area contributed by atoms with Crippen LogP contribution < -0.4 is 5.32 Å². The molecule has 17 heavy (non-hydrogen) atoms. The van der Waals surface area contributed by atoms with Gasteiger partial charge in [0, 0.05) is 11.8 Å². The third-order valence-electron chi connectivity index (χ3n) is 3.98. The highest BCUT2D eigenvalue weighted by Crippen LogP contribution is 2.35. The van der Waals surface area contributed by atoms with Gasteiger partial charge in [-0.3, -0.25) is 4.99 Å². The van der Waals surface area contributed by atoms with Crippen molar-refractivity contribution in [1.29, 1.82) is 0 Å². The van der Waals surface area contributed by atoms with Crippen molar-refractivity contribution >= 4 is 16.9 Å². The van der Waals surface area contributed by atoms with Crippen LogP contribution in [0.25, 0.3) is 0 Å².